The van der Waals surface area contributed by atoms with Crippen molar-refractivity contribution in [1.82, 2.24) is 14.9 Å². The average Bonchev–Trinajstić information content (AvgIpc) is 3.21. The summed E-state index contributed by atoms with van der Waals surface area (Å²) in [6, 6.07) is 7.48. The maximum atomic E-state index is 12.2. The zero-order chi connectivity index (χ0) is 23.6. The standard InChI is InChI=1S/C21H23F3N4O4S/c1-33(30)16-2-3-17-14(10-16)4-9-28(17)18-11-19(26-13-25-18)32-15-5-7-27(8-6-15)20(29)31-12-21(22,23)24/h2-3,10-11,13,15H,4-9,12H2,1H3. The van der Waals surface area contributed by atoms with E-state index in [9.17, 15) is 22.5 Å². The fourth-order valence-corrected chi connectivity index (χ4v) is 4.47. The van der Waals surface area contributed by atoms with Gasteiger partial charge in [-0.25, -0.2) is 14.8 Å². The third-order valence-corrected chi connectivity index (χ3v) is 6.45. The number of fused-ring (bicyclic) bond motifs is 1. The highest BCUT2D eigenvalue weighted by Crippen LogP contribution is 2.35. The number of benzene rings is 1. The van der Waals surface area contributed by atoms with Crippen LogP contribution in [-0.2, 0) is 22.3 Å². The molecule has 1 aromatic heterocycles. The summed E-state index contributed by atoms with van der Waals surface area (Å²) < 4.78 is 58.7. The molecule has 8 nitrogen and oxygen atoms in total. The minimum atomic E-state index is -4.55. The van der Waals surface area contributed by atoms with Gasteiger partial charge < -0.3 is 23.8 Å². The van der Waals surface area contributed by atoms with Crippen LogP contribution >= 0.6 is 0 Å². The molecule has 0 N–H and O–H groups in total. The molecule has 33 heavy (non-hydrogen) atoms. The molecule has 2 aliphatic heterocycles. The maximum absolute atomic E-state index is 12.2. The molecule has 3 heterocycles. The summed E-state index contributed by atoms with van der Waals surface area (Å²) in [6.45, 7) is -0.396. The molecule has 2 aliphatic rings. The van der Waals surface area contributed by atoms with Crippen molar-refractivity contribution in [1.29, 1.82) is 0 Å². The first-order chi connectivity index (χ1) is 15.7. The molecule has 0 bridgehead atoms. The Morgan fingerprint density at radius 1 is 1.21 bits per heavy atom. The van der Waals surface area contributed by atoms with Gasteiger partial charge in [0.1, 0.15) is 24.5 Å². The fraction of sp³-hybridized carbons (Fsp3) is 0.476. The summed E-state index contributed by atoms with van der Waals surface area (Å²) in [5.41, 5.74) is 2.10. The number of carbonyl (C=O) groups is 1. The van der Waals surface area contributed by atoms with E-state index < -0.39 is 30.1 Å². The number of piperidine rings is 1. The first kappa shape index (κ1) is 23.4. The zero-order valence-electron chi connectivity index (χ0n) is 17.9. The van der Waals surface area contributed by atoms with Crippen molar-refractivity contribution in [2.24, 2.45) is 0 Å². The summed E-state index contributed by atoms with van der Waals surface area (Å²) in [6.07, 6.45) is -0.975. The molecule has 1 saturated heterocycles. The Morgan fingerprint density at radius 2 is 1.97 bits per heavy atom. The predicted molar refractivity (Wildman–Crippen MR) is 114 cm³/mol. The molecule has 4 rings (SSSR count). The summed E-state index contributed by atoms with van der Waals surface area (Å²) >= 11 is -1.04. The van der Waals surface area contributed by atoms with Gasteiger partial charge in [-0.05, 0) is 41.4 Å². The van der Waals surface area contributed by atoms with E-state index in [0.29, 0.717) is 24.5 Å². The number of ether oxygens (including phenoxy) is 2. The third kappa shape index (κ3) is 5.80. The van der Waals surface area contributed by atoms with Crippen LogP contribution in [-0.4, -0.2) is 70.3 Å². The van der Waals surface area contributed by atoms with Gasteiger partial charge in [-0.1, -0.05) is 0 Å². The quantitative estimate of drug-likeness (QED) is 0.601. The number of likely N-dealkylation sites (tertiary alicyclic amines) is 1. The second-order valence-corrected chi connectivity index (χ2v) is 9.21. The molecule has 1 fully saturated rings. The van der Waals surface area contributed by atoms with Crippen LogP contribution in [0.3, 0.4) is 0 Å². The molecular weight excluding hydrogens is 461 g/mol. The largest absolute Gasteiger partial charge is 0.612 e. The predicted octanol–water partition coefficient (Wildman–Crippen LogP) is 3.45. The number of halogens is 3. The molecule has 12 heteroatoms. The van der Waals surface area contributed by atoms with Gasteiger partial charge in [0.25, 0.3) is 0 Å². The number of amides is 1. The number of carbonyl (C=O) groups excluding carboxylic acids is 1. The highest BCUT2D eigenvalue weighted by Gasteiger charge is 2.32. The molecular formula is C21H23F3N4O4S. The van der Waals surface area contributed by atoms with Crippen molar-refractivity contribution in [3.63, 3.8) is 0 Å². The van der Waals surface area contributed by atoms with Crippen LogP contribution < -0.4 is 9.64 Å². The minimum Gasteiger partial charge on any atom is -0.612 e. The molecule has 0 spiro atoms. The van der Waals surface area contributed by atoms with Gasteiger partial charge in [-0.15, -0.1) is 0 Å². The monoisotopic (exact) mass is 484 g/mol. The highest BCUT2D eigenvalue weighted by molar-refractivity contribution is 7.90. The van der Waals surface area contributed by atoms with Crippen molar-refractivity contribution >= 4 is 28.8 Å². The number of aromatic nitrogens is 2. The van der Waals surface area contributed by atoms with Crippen molar-refractivity contribution in [3.05, 3.63) is 36.2 Å². The highest BCUT2D eigenvalue weighted by atomic mass is 32.2. The first-order valence-corrected chi connectivity index (χ1v) is 12.0. The lowest BCUT2D eigenvalue weighted by molar-refractivity contribution is -0.162. The Kier molecular flexibility index (Phi) is 6.84. The van der Waals surface area contributed by atoms with Gasteiger partial charge in [0.05, 0.1) is 0 Å². The summed E-state index contributed by atoms with van der Waals surface area (Å²) in [4.78, 5) is 24.4. The molecule has 2 aromatic rings. The second kappa shape index (κ2) is 9.64. The number of nitrogens with zero attached hydrogens (tertiary/aromatic N) is 4. The normalized spacial score (nSPS) is 17.6. The van der Waals surface area contributed by atoms with Crippen molar-refractivity contribution in [3.8, 4) is 5.88 Å². The van der Waals surface area contributed by atoms with Gasteiger partial charge >= 0.3 is 12.3 Å². The fourth-order valence-electron chi connectivity index (χ4n) is 3.90. The SMILES string of the molecule is C[S+]([O-])c1ccc2c(c1)CCN2c1cc(OC2CCN(C(=O)OCC(F)(F)F)CC2)ncn1. The minimum absolute atomic E-state index is 0.229. The number of hydrogen-bond donors (Lipinski definition) is 0. The van der Waals surface area contributed by atoms with Crippen molar-refractivity contribution in [2.45, 2.75) is 36.4 Å². The van der Waals surface area contributed by atoms with E-state index in [1.54, 1.807) is 12.3 Å². The van der Waals surface area contributed by atoms with Crippen LogP contribution in [0.25, 0.3) is 0 Å². The van der Waals surface area contributed by atoms with E-state index in [1.807, 2.05) is 23.1 Å². The number of alkyl halides is 3. The molecule has 1 amide bonds. The Labute approximate surface area is 191 Å². The molecule has 0 radical (unpaired) electrons. The Hall–Kier alpha value is -2.73. The van der Waals surface area contributed by atoms with Crippen LogP contribution in [0.2, 0.25) is 0 Å². The zero-order valence-corrected chi connectivity index (χ0v) is 18.7. The van der Waals surface area contributed by atoms with Gasteiger partial charge in [-0.3, -0.25) is 0 Å². The lowest BCUT2D eigenvalue weighted by Crippen LogP contribution is -2.42. The van der Waals surface area contributed by atoms with Crippen LogP contribution in [0.4, 0.5) is 29.5 Å². The van der Waals surface area contributed by atoms with E-state index in [4.69, 9.17) is 4.74 Å². The second-order valence-electron chi connectivity index (χ2n) is 7.83. The van der Waals surface area contributed by atoms with Crippen LogP contribution in [0.5, 0.6) is 5.88 Å². The number of anilines is 2. The Balaban J connectivity index is 1.34. The van der Waals surface area contributed by atoms with E-state index in [-0.39, 0.29) is 19.2 Å². The van der Waals surface area contributed by atoms with E-state index >= 15 is 0 Å². The Morgan fingerprint density at radius 3 is 2.67 bits per heavy atom. The molecule has 0 aliphatic carbocycles. The van der Waals surface area contributed by atoms with E-state index in [0.717, 1.165) is 29.1 Å². The molecule has 1 unspecified atom stereocenters. The van der Waals surface area contributed by atoms with E-state index in [2.05, 4.69) is 14.7 Å². The Bertz CT molecular complexity index is 1000. The topological polar surface area (TPSA) is 90.9 Å². The third-order valence-electron chi connectivity index (χ3n) is 5.53. The van der Waals surface area contributed by atoms with E-state index in [1.165, 1.54) is 11.2 Å². The molecule has 1 aromatic carbocycles. The number of hydrogen-bond acceptors (Lipinski definition) is 7. The van der Waals surface area contributed by atoms with Gasteiger partial charge in [-0.2, -0.15) is 13.2 Å². The smallest absolute Gasteiger partial charge is 0.422 e. The first-order valence-electron chi connectivity index (χ1n) is 10.4. The lowest BCUT2D eigenvalue weighted by atomic mass is 10.1. The summed E-state index contributed by atoms with van der Waals surface area (Å²) in [5, 5.41) is 0. The van der Waals surface area contributed by atoms with Crippen LogP contribution in [0, 0.1) is 0 Å². The summed E-state index contributed by atoms with van der Waals surface area (Å²) in [7, 11) is 0. The maximum Gasteiger partial charge on any atom is 0.422 e. The van der Waals surface area contributed by atoms with Crippen LogP contribution in [0.15, 0.2) is 35.5 Å². The number of rotatable bonds is 5. The van der Waals surface area contributed by atoms with Gasteiger partial charge in [0, 0.05) is 44.2 Å². The van der Waals surface area contributed by atoms with Gasteiger partial charge in [0.15, 0.2) is 11.5 Å². The average molecular weight is 485 g/mol. The summed E-state index contributed by atoms with van der Waals surface area (Å²) in [5.74, 6) is 1.06. The van der Waals surface area contributed by atoms with Crippen LogP contribution in [0.1, 0.15) is 18.4 Å². The lowest BCUT2D eigenvalue weighted by Gasteiger charge is -2.31. The molecule has 178 valence electrons. The molecule has 1 atom stereocenters. The molecule has 0 saturated carbocycles. The van der Waals surface area contributed by atoms with Gasteiger partial charge in [0.2, 0.25) is 5.88 Å². The van der Waals surface area contributed by atoms with Crippen molar-refractivity contribution in [2.75, 3.05) is 37.4 Å². The van der Waals surface area contributed by atoms with Crippen molar-refractivity contribution < 1.29 is 32.0 Å².